The van der Waals surface area contributed by atoms with Gasteiger partial charge in [-0.1, -0.05) is 18.5 Å². The van der Waals surface area contributed by atoms with E-state index in [9.17, 15) is 4.39 Å². The minimum absolute atomic E-state index is 0.254. The highest BCUT2D eigenvalue weighted by atomic mass is 35.5. The second kappa shape index (κ2) is 4.40. The maximum absolute atomic E-state index is 13.2. The summed E-state index contributed by atoms with van der Waals surface area (Å²) in [6, 6.07) is 4.74. The monoisotopic (exact) mass is 227 g/mol. The zero-order valence-corrected chi connectivity index (χ0v) is 9.60. The van der Waals surface area contributed by atoms with Crippen molar-refractivity contribution in [1.82, 2.24) is 0 Å². The van der Waals surface area contributed by atoms with Crippen molar-refractivity contribution in [3.05, 3.63) is 29.0 Å². The molecule has 0 spiro atoms. The number of benzene rings is 1. The molecular formula is C12H15ClFN. The van der Waals surface area contributed by atoms with Crippen LogP contribution in [0.5, 0.6) is 0 Å². The van der Waals surface area contributed by atoms with E-state index in [0.29, 0.717) is 10.9 Å². The number of nitrogens with zero attached hydrogens (tertiary/aromatic N) is 1. The first-order chi connectivity index (χ1) is 7.15. The fourth-order valence-corrected chi connectivity index (χ4v) is 2.36. The maximum atomic E-state index is 13.2. The van der Waals surface area contributed by atoms with Crippen molar-refractivity contribution in [2.75, 3.05) is 18.0 Å². The SMILES string of the molecule is CC1CCCN(c2cc(F)cc(Cl)c2)C1. The molecule has 0 radical (unpaired) electrons. The van der Waals surface area contributed by atoms with E-state index in [1.807, 2.05) is 6.07 Å². The number of halogens is 2. The van der Waals surface area contributed by atoms with E-state index in [0.717, 1.165) is 18.8 Å². The van der Waals surface area contributed by atoms with Crippen LogP contribution in [0.1, 0.15) is 19.8 Å². The lowest BCUT2D eigenvalue weighted by atomic mass is 10.00. The van der Waals surface area contributed by atoms with Crippen LogP contribution < -0.4 is 4.90 Å². The van der Waals surface area contributed by atoms with Crippen LogP contribution in [-0.2, 0) is 0 Å². The van der Waals surface area contributed by atoms with Gasteiger partial charge in [0.25, 0.3) is 0 Å². The Bertz CT molecular complexity index is 333. The quantitative estimate of drug-likeness (QED) is 0.707. The Morgan fingerprint density at radius 2 is 2.20 bits per heavy atom. The first kappa shape index (κ1) is 10.7. The van der Waals surface area contributed by atoms with Gasteiger partial charge in [0.2, 0.25) is 0 Å². The summed E-state index contributed by atoms with van der Waals surface area (Å²) in [6.07, 6.45) is 2.44. The second-order valence-electron chi connectivity index (χ2n) is 4.32. The Morgan fingerprint density at radius 1 is 1.40 bits per heavy atom. The largest absolute Gasteiger partial charge is 0.371 e. The molecule has 0 bridgehead atoms. The fourth-order valence-electron chi connectivity index (χ4n) is 2.15. The summed E-state index contributed by atoms with van der Waals surface area (Å²) in [5.74, 6) is 0.427. The zero-order valence-electron chi connectivity index (χ0n) is 8.84. The van der Waals surface area contributed by atoms with Gasteiger partial charge in [0.15, 0.2) is 0 Å². The number of hydrogen-bond acceptors (Lipinski definition) is 1. The molecule has 1 aliphatic heterocycles. The van der Waals surface area contributed by atoms with Crippen molar-refractivity contribution in [2.45, 2.75) is 19.8 Å². The average molecular weight is 228 g/mol. The molecule has 0 aromatic heterocycles. The van der Waals surface area contributed by atoms with Crippen LogP contribution in [0.3, 0.4) is 0 Å². The summed E-state index contributed by atoms with van der Waals surface area (Å²) >= 11 is 5.84. The minimum atomic E-state index is -0.254. The average Bonchev–Trinajstić information content (AvgIpc) is 2.16. The standard InChI is InChI=1S/C12H15ClFN/c1-9-3-2-4-15(8-9)12-6-10(13)5-11(14)7-12/h5-7,9H,2-4,8H2,1H3. The van der Waals surface area contributed by atoms with E-state index >= 15 is 0 Å². The number of hydrogen-bond donors (Lipinski definition) is 0. The Kier molecular flexibility index (Phi) is 3.15. The molecule has 0 amide bonds. The van der Waals surface area contributed by atoms with Crippen molar-refractivity contribution in [3.8, 4) is 0 Å². The van der Waals surface area contributed by atoms with E-state index < -0.39 is 0 Å². The molecule has 1 aromatic carbocycles. The molecule has 1 unspecified atom stereocenters. The van der Waals surface area contributed by atoms with E-state index in [1.54, 1.807) is 6.07 Å². The Hall–Kier alpha value is -0.760. The molecule has 1 aromatic rings. The van der Waals surface area contributed by atoms with Crippen molar-refractivity contribution < 1.29 is 4.39 Å². The molecule has 1 heterocycles. The molecule has 1 fully saturated rings. The summed E-state index contributed by atoms with van der Waals surface area (Å²) in [7, 11) is 0. The third kappa shape index (κ3) is 2.63. The van der Waals surface area contributed by atoms with E-state index in [2.05, 4.69) is 11.8 Å². The van der Waals surface area contributed by atoms with Crippen LogP contribution in [-0.4, -0.2) is 13.1 Å². The van der Waals surface area contributed by atoms with Gasteiger partial charge >= 0.3 is 0 Å². The number of rotatable bonds is 1. The maximum Gasteiger partial charge on any atom is 0.126 e. The smallest absolute Gasteiger partial charge is 0.126 e. The van der Waals surface area contributed by atoms with E-state index in [1.165, 1.54) is 18.9 Å². The first-order valence-corrected chi connectivity index (χ1v) is 5.74. The lowest BCUT2D eigenvalue weighted by Gasteiger charge is -2.32. The third-order valence-corrected chi connectivity index (χ3v) is 3.09. The molecule has 1 saturated heterocycles. The van der Waals surface area contributed by atoms with Crippen LogP contribution in [0.15, 0.2) is 18.2 Å². The molecule has 2 rings (SSSR count). The van der Waals surface area contributed by atoms with Gasteiger partial charge in [0.05, 0.1) is 0 Å². The molecule has 15 heavy (non-hydrogen) atoms. The fraction of sp³-hybridized carbons (Fsp3) is 0.500. The van der Waals surface area contributed by atoms with Crippen LogP contribution >= 0.6 is 11.6 Å². The molecular weight excluding hydrogens is 213 g/mol. The van der Waals surface area contributed by atoms with Crippen LogP contribution in [0.25, 0.3) is 0 Å². The van der Waals surface area contributed by atoms with E-state index in [4.69, 9.17) is 11.6 Å². The molecule has 0 aliphatic carbocycles. The lowest BCUT2D eigenvalue weighted by Crippen LogP contribution is -2.34. The highest BCUT2D eigenvalue weighted by molar-refractivity contribution is 6.30. The molecule has 1 atom stereocenters. The first-order valence-electron chi connectivity index (χ1n) is 5.36. The highest BCUT2D eigenvalue weighted by Crippen LogP contribution is 2.26. The zero-order chi connectivity index (χ0) is 10.8. The molecule has 0 N–H and O–H groups in total. The normalized spacial score (nSPS) is 21.8. The predicted octanol–water partition coefficient (Wildman–Crippen LogP) is 3.72. The van der Waals surface area contributed by atoms with Crippen LogP contribution in [0.2, 0.25) is 5.02 Å². The van der Waals surface area contributed by atoms with Gasteiger partial charge in [-0.05, 0) is 37.0 Å². The molecule has 1 aliphatic rings. The third-order valence-electron chi connectivity index (χ3n) is 2.87. The molecule has 1 nitrogen and oxygen atoms in total. The van der Waals surface area contributed by atoms with Gasteiger partial charge in [-0.2, -0.15) is 0 Å². The minimum Gasteiger partial charge on any atom is -0.371 e. The number of anilines is 1. The van der Waals surface area contributed by atoms with Gasteiger partial charge in [-0.25, -0.2) is 4.39 Å². The predicted molar refractivity (Wildman–Crippen MR) is 62.0 cm³/mol. The molecule has 3 heteroatoms. The Balaban J connectivity index is 2.20. The molecule has 82 valence electrons. The van der Waals surface area contributed by atoms with Gasteiger partial charge in [-0.3, -0.25) is 0 Å². The molecule has 0 saturated carbocycles. The van der Waals surface area contributed by atoms with Gasteiger partial charge < -0.3 is 4.90 Å². The Labute approximate surface area is 94.8 Å². The van der Waals surface area contributed by atoms with Gasteiger partial charge in [-0.15, -0.1) is 0 Å². The highest BCUT2D eigenvalue weighted by Gasteiger charge is 2.17. The summed E-state index contributed by atoms with van der Waals surface area (Å²) < 4.78 is 13.2. The summed E-state index contributed by atoms with van der Waals surface area (Å²) in [5.41, 5.74) is 0.909. The summed E-state index contributed by atoms with van der Waals surface area (Å²) in [4.78, 5) is 2.21. The second-order valence-corrected chi connectivity index (χ2v) is 4.76. The lowest BCUT2D eigenvalue weighted by molar-refractivity contribution is 0.446. The van der Waals surface area contributed by atoms with Crippen molar-refractivity contribution in [2.24, 2.45) is 5.92 Å². The van der Waals surface area contributed by atoms with Crippen LogP contribution in [0.4, 0.5) is 10.1 Å². The van der Waals surface area contributed by atoms with Crippen molar-refractivity contribution in [3.63, 3.8) is 0 Å². The van der Waals surface area contributed by atoms with Gasteiger partial charge in [0.1, 0.15) is 5.82 Å². The van der Waals surface area contributed by atoms with E-state index in [-0.39, 0.29) is 5.82 Å². The summed E-state index contributed by atoms with van der Waals surface area (Å²) in [6.45, 7) is 4.23. The summed E-state index contributed by atoms with van der Waals surface area (Å²) in [5, 5.41) is 0.475. The number of piperidine rings is 1. The van der Waals surface area contributed by atoms with Gasteiger partial charge in [0, 0.05) is 23.8 Å². The topological polar surface area (TPSA) is 3.24 Å². The Morgan fingerprint density at radius 3 is 2.87 bits per heavy atom. The van der Waals surface area contributed by atoms with Crippen molar-refractivity contribution >= 4 is 17.3 Å². The van der Waals surface area contributed by atoms with Crippen molar-refractivity contribution in [1.29, 1.82) is 0 Å². The van der Waals surface area contributed by atoms with Crippen LogP contribution in [0, 0.1) is 11.7 Å².